The number of amides is 1. The molecule has 166 valence electrons. The highest BCUT2D eigenvalue weighted by molar-refractivity contribution is 7.19. The summed E-state index contributed by atoms with van der Waals surface area (Å²) in [7, 11) is 0. The van der Waals surface area contributed by atoms with Gasteiger partial charge in [-0.3, -0.25) is 9.59 Å². The number of ether oxygens (including phenoxy) is 1. The van der Waals surface area contributed by atoms with Crippen molar-refractivity contribution in [1.29, 1.82) is 0 Å². The first-order chi connectivity index (χ1) is 15.4. The summed E-state index contributed by atoms with van der Waals surface area (Å²) in [6.07, 6.45) is 3.04. The van der Waals surface area contributed by atoms with Crippen LogP contribution in [0.4, 0.5) is 5.00 Å². The molecule has 1 N–H and O–H groups in total. The van der Waals surface area contributed by atoms with Gasteiger partial charge in [-0.15, -0.1) is 11.3 Å². The fraction of sp³-hybridized carbons (Fsp3) is 0.333. The number of aromatic nitrogens is 1. The Hall–Kier alpha value is -3.26. The molecule has 0 saturated heterocycles. The number of anilines is 1. The molecular formula is C24H24N2O5S. The van der Waals surface area contributed by atoms with Crippen molar-refractivity contribution in [2.45, 2.75) is 45.4 Å². The van der Waals surface area contributed by atoms with Gasteiger partial charge in [-0.1, -0.05) is 35.5 Å². The predicted molar refractivity (Wildman–Crippen MR) is 120 cm³/mol. The van der Waals surface area contributed by atoms with Gasteiger partial charge in [0.05, 0.1) is 28.2 Å². The lowest BCUT2D eigenvalue weighted by molar-refractivity contribution is -0.114. The van der Waals surface area contributed by atoms with Crippen LogP contribution in [0.1, 0.15) is 62.7 Å². The predicted octanol–water partition coefficient (Wildman–Crippen LogP) is 4.49. The van der Waals surface area contributed by atoms with Crippen LogP contribution in [0.15, 0.2) is 41.1 Å². The molecule has 0 fully saturated rings. The fourth-order valence-electron chi connectivity index (χ4n) is 4.33. The molecule has 7 nitrogen and oxygen atoms in total. The number of carbonyl (C=O) groups excluding carboxylic acids is 3. The number of esters is 1. The maximum Gasteiger partial charge on any atom is 0.341 e. The molecule has 0 radical (unpaired) electrons. The summed E-state index contributed by atoms with van der Waals surface area (Å²) in [6, 6.07) is 9.67. The normalized spacial score (nSPS) is 17.7. The topological polar surface area (TPSA) is 98.5 Å². The minimum Gasteiger partial charge on any atom is -0.462 e. The molecule has 8 heteroatoms. The summed E-state index contributed by atoms with van der Waals surface area (Å²) in [5.74, 6) is -0.905. The monoisotopic (exact) mass is 452 g/mol. The molecule has 1 atom stereocenters. The molecule has 1 aliphatic rings. The van der Waals surface area contributed by atoms with Gasteiger partial charge in [0.2, 0.25) is 5.91 Å². The molecule has 32 heavy (non-hydrogen) atoms. The van der Waals surface area contributed by atoms with Crippen LogP contribution >= 0.6 is 11.3 Å². The number of aryl methyl sites for hydroxylation is 1. The minimum absolute atomic E-state index is 0.0716. The highest BCUT2D eigenvalue weighted by Crippen LogP contribution is 2.47. The number of hydrogen-bond acceptors (Lipinski definition) is 7. The first-order valence-corrected chi connectivity index (χ1v) is 11.3. The number of rotatable bonds is 6. The molecule has 2 aromatic heterocycles. The Labute approximate surface area is 189 Å². The van der Waals surface area contributed by atoms with Crippen LogP contribution < -0.4 is 5.32 Å². The third-order valence-corrected chi connectivity index (χ3v) is 7.03. The lowest BCUT2D eigenvalue weighted by atomic mass is 9.65. The molecule has 3 aromatic rings. The van der Waals surface area contributed by atoms with E-state index in [9.17, 15) is 14.4 Å². The van der Waals surface area contributed by atoms with Crippen molar-refractivity contribution in [1.82, 2.24) is 5.16 Å². The van der Waals surface area contributed by atoms with E-state index in [0.717, 1.165) is 28.2 Å². The second-order valence-electron chi connectivity index (χ2n) is 7.89. The number of fused-ring (bicyclic) bond motifs is 1. The van der Waals surface area contributed by atoms with Gasteiger partial charge in [0.25, 0.3) is 0 Å². The van der Waals surface area contributed by atoms with Gasteiger partial charge in [0.1, 0.15) is 11.3 Å². The van der Waals surface area contributed by atoms with E-state index in [-0.39, 0.29) is 18.3 Å². The molecule has 0 bridgehead atoms. The van der Waals surface area contributed by atoms with Crippen LogP contribution in [0.3, 0.4) is 0 Å². The molecule has 1 unspecified atom stereocenters. The van der Waals surface area contributed by atoms with Crippen LogP contribution in [-0.4, -0.2) is 29.4 Å². The summed E-state index contributed by atoms with van der Waals surface area (Å²) in [6.45, 7) is 5.16. The maximum absolute atomic E-state index is 14.1. The van der Waals surface area contributed by atoms with Gasteiger partial charge in [0, 0.05) is 12.5 Å². The quantitative estimate of drug-likeness (QED) is 0.554. The van der Waals surface area contributed by atoms with Gasteiger partial charge < -0.3 is 14.6 Å². The van der Waals surface area contributed by atoms with Crippen molar-refractivity contribution >= 4 is 34.0 Å². The first kappa shape index (κ1) is 22.0. The molecule has 4 rings (SSSR count). The molecule has 1 aliphatic carbocycles. The number of carbonyl (C=O) groups is 3. The number of hydrogen-bond donors (Lipinski definition) is 1. The van der Waals surface area contributed by atoms with E-state index in [1.807, 2.05) is 37.3 Å². The zero-order valence-corrected chi connectivity index (χ0v) is 19.0. The van der Waals surface area contributed by atoms with Crippen molar-refractivity contribution in [2.24, 2.45) is 0 Å². The highest BCUT2D eigenvalue weighted by atomic mass is 32.1. The SMILES string of the molecule is CCOC(=O)c1c(NC(C)=O)sc2c1CCC(Cc1conc1C)(c1ccccc1)C2=O. The highest BCUT2D eigenvalue weighted by Gasteiger charge is 2.47. The van der Waals surface area contributed by atoms with Crippen LogP contribution in [0.25, 0.3) is 0 Å². The second-order valence-corrected chi connectivity index (χ2v) is 8.92. The van der Waals surface area contributed by atoms with Gasteiger partial charge in [-0.25, -0.2) is 4.79 Å². The van der Waals surface area contributed by atoms with Crippen molar-refractivity contribution in [3.8, 4) is 0 Å². The van der Waals surface area contributed by atoms with Crippen LogP contribution in [0.2, 0.25) is 0 Å². The summed E-state index contributed by atoms with van der Waals surface area (Å²) >= 11 is 1.14. The van der Waals surface area contributed by atoms with E-state index in [0.29, 0.717) is 40.3 Å². The molecule has 0 saturated carbocycles. The molecular weight excluding hydrogens is 428 g/mol. The molecule has 1 aromatic carbocycles. The lowest BCUT2D eigenvalue weighted by Crippen LogP contribution is -2.42. The second kappa shape index (κ2) is 8.70. The Morgan fingerprint density at radius 1 is 1.28 bits per heavy atom. The van der Waals surface area contributed by atoms with Gasteiger partial charge in [-0.2, -0.15) is 0 Å². The number of thiophene rings is 1. The van der Waals surface area contributed by atoms with Crippen LogP contribution in [0.5, 0.6) is 0 Å². The van der Waals surface area contributed by atoms with Crippen molar-refractivity contribution in [3.63, 3.8) is 0 Å². The van der Waals surface area contributed by atoms with E-state index in [1.165, 1.54) is 6.92 Å². The van der Waals surface area contributed by atoms with E-state index in [2.05, 4.69) is 10.5 Å². The van der Waals surface area contributed by atoms with E-state index in [1.54, 1.807) is 13.2 Å². The van der Waals surface area contributed by atoms with Crippen molar-refractivity contribution < 1.29 is 23.6 Å². The summed E-state index contributed by atoms with van der Waals surface area (Å²) in [5.41, 5.74) is 2.64. The summed E-state index contributed by atoms with van der Waals surface area (Å²) < 4.78 is 10.4. The summed E-state index contributed by atoms with van der Waals surface area (Å²) in [4.78, 5) is 39.1. The first-order valence-electron chi connectivity index (χ1n) is 10.5. The average molecular weight is 453 g/mol. The lowest BCUT2D eigenvalue weighted by Gasteiger charge is -2.36. The van der Waals surface area contributed by atoms with E-state index >= 15 is 0 Å². The Bertz CT molecular complexity index is 1180. The molecule has 0 aliphatic heterocycles. The van der Waals surface area contributed by atoms with E-state index < -0.39 is 11.4 Å². The maximum atomic E-state index is 14.1. The Balaban J connectivity index is 1.86. The minimum atomic E-state index is -0.825. The summed E-state index contributed by atoms with van der Waals surface area (Å²) in [5, 5.41) is 7.05. The number of nitrogens with one attached hydrogen (secondary N) is 1. The third kappa shape index (κ3) is 3.75. The Kier molecular flexibility index (Phi) is 5.97. The number of benzene rings is 1. The number of Topliss-reactive ketones (excluding diaryl/α,β-unsaturated/α-hetero) is 1. The molecule has 1 amide bonds. The van der Waals surface area contributed by atoms with Gasteiger partial charge >= 0.3 is 5.97 Å². The molecule has 0 spiro atoms. The largest absolute Gasteiger partial charge is 0.462 e. The van der Waals surface area contributed by atoms with Crippen LogP contribution in [-0.2, 0) is 27.8 Å². The zero-order chi connectivity index (χ0) is 22.9. The van der Waals surface area contributed by atoms with Crippen LogP contribution in [0, 0.1) is 6.92 Å². The van der Waals surface area contributed by atoms with Crippen molar-refractivity contribution in [3.05, 3.63) is 69.4 Å². The standard InChI is InChI=1S/C24H24N2O5S/c1-4-30-23(29)19-18-10-11-24(17-8-6-5-7-9-17,12-16-13-31-26-14(16)2)21(28)20(18)32-22(19)25-15(3)27/h5-9,13H,4,10-12H2,1-3H3,(H,25,27). The Morgan fingerprint density at radius 3 is 2.66 bits per heavy atom. The number of nitrogens with zero attached hydrogens (tertiary/aromatic N) is 1. The smallest absolute Gasteiger partial charge is 0.341 e. The number of ketones is 1. The van der Waals surface area contributed by atoms with Gasteiger partial charge in [0.15, 0.2) is 5.78 Å². The zero-order valence-electron chi connectivity index (χ0n) is 18.2. The molecule has 2 heterocycles. The Morgan fingerprint density at radius 2 is 2.03 bits per heavy atom. The fourth-order valence-corrected chi connectivity index (χ4v) is 5.66. The van der Waals surface area contributed by atoms with Crippen molar-refractivity contribution in [2.75, 3.05) is 11.9 Å². The third-order valence-electron chi connectivity index (χ3n) is 5.89. The average Bonchev–Trinajstić information content (AvgIpc) is 3.33. The van der Waals surface area contributed by atoms with E-state index in [4.69, 9.17) is 9.26 Å². The van der Waals surface area contributed by atoms with Gasteiger partial charge in [-0.05, 0) is 44.2 Å².